The first-order chi connectivity index (χ1) is 13.4. The third-order valence-corrected chi connectivity index (χ3v) is 6.36. The highest BCUT2D eigenvalue weighted by Crippen LogP contribution is 2.46. The van der Waals surface area contributed by atoms with Crippen molar-refractivity contribution < 1.29 is 4.79 Å². The number of nitrogens with zero attached hydrogens (tertiary/aromatic N) is 3. The molecular weight excluding hydrogens is 346 g/mol. The second-order valence-electron chi connectivity index (χ2n) is 8.74. The zero-order chi connectivity index (χ0) is 19.8. The van der Waals surface area contributed by atoms with Crippen LogP contribution in [-0.2, 0) is 6.54 Å². The molecule has 3 atom stereocenters. The predicted octanol–water partition coefficient (Wildman–Crippen LogP) is 4.09. The van der Waals surface area contributed by atoms with Crippen molar-refractivity contribution in [2.45, 2.75) is 26.4 Å². The summed E-state index contributed by atoms with van der Waals surface area (Å²) in [7, 11) is 3.71. The molecule has 2 heterocycles. The Morgan fingerprint density at radius 3 is 2.54 bits per heavy atom. The van der Waals surface area contributed by atoms with Crippen molar-refractivity contribution in [3.05, 3.63) is 70.8 Å². The Labute approximate surface area is 168 Å². The summed E-state index contributed by atoms with van der Waals surface area (Å²) in [5.41, 5.74) is 5.29. The second kappa shape index (κ2) is 7.59. The van der Waals surface area contributed by atoms with Gasteiger partial charge in [0.2, 0.25) is 0 Å². The van der Waals surface area contributed by atoms with Gasteiger partial charge in [-0.25, -0.2) is 4.79 Å². The van der Waals surface area contributed by atoms with E-state index in [2.05, 4.69) is 72.2 Å². The Morgan fingerprint density at radius 2 is 1.82 bits per heavy atom. The molecule has 0 spiro atoms. The van der Waals surface area contributed by atoms with Gasteiger partial charge in [-0.15, -0.1) is 0 Å². The van der Waals surface area contributed by atoms with E-state index in [1.54, 1.807) is 4.90 Å². The molecule has 2 saturated heterocycles. The smallest absolute Gasteiger partial charge is 0.320 e. The van der Waals surface area contributed by atoms with Gasteiger partial charge in [0.05, 0.1) is 6.04 Å². The highest BCUT2D eigenvalue weighted by molar-refractivity contribution is 5.75. The average Bonchev–Trinajstić information content (AvgIpc) is 3.18. The van der Waals surface area contributed by atoms with Crippen LogP contribution in [0.4, 0.5) is 4.79 Å². The van der Waals surface area contributed by atoms with E-state index in [1.807, 2.05) is 14.1 Å². The molecule has 4 nitrogen and oxygen atoms in total. The minimum atomic E-state index is 0.132. The van der Waals surface area contributed by atoms with E-state index in [1.165, 1.54) is 22.3 Å². The van der Waals surface area contributed by atoms with Crippen LogP contribution in [0.1, 0.15) is 28.3 Å². The number of rotatable bonds is 3. The number of aryl methyl sites for hydroxylation is 2. The molecule has 2 fully saturated rings. The van der Waals surface area contributed by atoms with Gasteiger partial charge >= 0.3 is 6.03 Å². The lowest BCUT2D eigenvalue weighted by atomic mass is 9.88. The highest BCUT2D eigenvalue weighted by atomic mass is 16.2. The first-order valence-corrected chi connectivity index (χ1v) is 10.3. The van der Waals surface area contributed by atoms with Crippen LogP contribution in [0.3, 0.4) is 0 Å². The summed E-state index contributed by atoms with van der Waals surface area (Å²) in [6.07, 6.45) is 0. The van der Waals surface area contributed by atoms with Gasteiger partial charge in [-0.1, -0.05) is 54.1 Å². The first kappa shape index (κ1) is 19.0. The number of amides is 2. The summed E-state index contributed by atoms with van der Waals surface area (Å²) in [6, 6.07) is 17.7. The predicted molar refractivity (Wildman–Crippen MR) is 113 cm³/mol. The van der Waals surface area contributed by atoms with Crippen LogP contribution in [0, 0.1) is 25.7 Å². The molecule has 2 aliphatic rings. The van der Waals surface area contributed by atoms with Crippen LogP contribution in [0.15, 0.2) is 48.5 Å². The van der Waals surface area contributed by atoms with Crippen molar-refractivity contribution in [2.24, 2.45) is 11.8 Å². The van der Waals surface area contributed by atoms with Crippen LogP contribution in [0.5, 0.6) is 0 Å². The summed E-state index contributed by atoms with van der Waals surface area (Å²) in [5.74, 6) is 1.04. The fourth-order valence-electron chi connectivity index (χ4n) is 5.11. The molecule has 2 amide bonds. The van der Waals surface area contributed by atoms with Gasteiger partial charge in [0, 0.05) is 46.2 Å². The summed E-state index contributed by atoms with van der Waals surface area (Å²) in [4.78, 5) is 19.3. The Hall–Kier alpha value is -2.33. The Bertz CT molecular complexity index is 862. The number of hydrogen-bond acceptors (Lipinski definition) is 2. The Kier molecular flexibility index (Phi) is 5.15. The van der Waals surface area contributed by atoms with Gasteiger partial charge < -0.3 is 9.80 Å². The molecule has 0 aromatic heterocycles. The molecule has 2 aliphatic heterocycles. The lowest BCUT2D eigenvalue weighted by Gasteiger charge is -2.32. The van der Waals surface area contributed by atoms with Gasteiger partial charge in [-0.2, -0.15) is 0 Å². The van der Waals surface area contributed by atoms with Crippen molar-refractivity contribution >= 4 is 6.03 Å². The molecule has 2 aromatic carbocycles. The van der Waals surface area contributed by atoms with E-state index >= 15 is 0 Å². The topological polar surface area (TPSA) is 26.8 Å². The quantitative estimate of drug-likeness (QED) is 0.805. The third-order valence-electron chi connectivity index (χ3n) is 6.36. The number of hydrogen-bond donors (Lipinski definition) is 0. The van der Waals surface area contributed by atoms with E-state index in [4.69, 9.17) is 0 Å². The van der Waals surface area contributed by atoms with E-state index in [9.17, 15) is 4.79 Å². The van der Waals surface area contributed by atoms with Crippen LogP contribution < -0.4 is 0 Å². The maximum atomic E-state index is 12.9. The first-order valence-electron chi connectivity index (χ1n) is 10.3. The van der Waals surface area contributed by atoms with Crippen molar-refractivity contribution in [1.82, 2.24) is 14.7 Å². The number of benzene rings is 2. The molecule has 148 valence electrons. The van der Waals surface area contributed by atoms with E-state index in [0.29, 0.717) is 11.8 Å². The van der Waals surface area contributed by atoms with Crippen LogP contribution in [0.2, 0.25) is 0 Å². The largest absolute Gasteiger partial charge is 0.331 e. The third kappa shape index (κ3) is 3.53. The Morgan fingerprint density at radius 1 is 1.04 bits per heavy atom. The lowest BCUT2D eigenvalue weighted by molar-refractivity contribution is 0.151. The minimum absolute atomic E-state index is 0.132. The molecule has 4 heteroatoms. The number of urea groups is 1. The molecule has 0 N–H and O–H groups in total. The Balaban J connectivity index is 1.58. The summed E-state index contributed by atoms with van der Waals surface area (Å²) in [5, 5.41) is 0. The number of carbonyl (C=O) groups is 1. The van der Waals surface area contributed by atoms with Crippen molar-refractivity contribution in [2.75, 3.05) is 33.7 Å². The van der Waals surface area contributed by atoms with Gasteiger partial charge in [0.25, 0.3) is 0 Å². The summed E-state index contributed by atoms with van der Waals surface area (Å²) in [6.45, 7) is 8.29. The van der Waals surface area contributed by atoms with E-state index < -0.39 is 0 Å². The second-order valence-corrected chi connectivity index (χ2v) is 8.74. The normalized spacial score (nSPS) is 24.4. The van der Waals surface area contributed by atoms with Crippen molar-refractivity contribution in [3.63, 3.8) is 0 Å². The molecule has 4 rings (SSSR count). The molecular formula is C24H31N3O. The highest BCUT2D eigenvalue weighted by Gasteiger charge is 2.49. The van der Waals surface area contributed by atoms with Gasteiger partial charge in [0.1, 0.15) is 0 Å². The fraction of sp³-hybridized carbons (Fsp3) is 0.458. The standard InChI is InChI=1S/C24H31N3O/c1-17-8-7-10-19(12-17)13-26-14-20-15-27(24(28)25(3)4)23(22(20)16-26)21-11-6-5-9-18(21)2/h5-12,20,22-23H,13-16H2,1-4H3/t20-,22-,23+/m1/s1. The maximum absolute atomic E-state index is 12.9. The lowest BCUT2D eigenvalue weighted by Crippen LogP contribution is -2.41. The molecule has 2 aromatic rings. The molecule has 28 heavy (non-hydrogen) atoms. The SMILES string of the molecule is Cc1cccc(CN2C[C@@H]3CN(C(=O)N(C)C)[C@@H](c4ccccc4C)[C@@H]3C2)c1. The van der Waals surface area contributed by atoms with Crippen LogP contribution in [-0.4, -0.2) is 54.5 Å². The average molecular weight is 378 g/mol. The molecule has 0 radical (unpaired) electrons. The fourth-order valence-corrected chi connectivity index (χ4v) is 5.11. The zero-order valence-corrected chi connectivity index (χ0v) is 17.4. The molecule has 0 saturated carbocycles. The number of carbonyl (C=O) groups excluding carboxylic acids is 1. The molecule has 0 unspecified atom stereocenters. The van der Waals surface area contributed by atoms with Gasteiger partial charge in [0.15, 0.2) is 0 Å². The van der Waals surface area contributed by atoms with Crippen molar-refractivity contribution in [3.8, 4) is 0 Å². The zero-order valence-electron chi connectivity index (χ0n) is 17.4. The summed E-state index contributed by atoms with van der Waals surface area (Å²) < 4.78 is 0. The van der Waals surface area contributed by atoms with Gasteiger partial charge in [-0.3, -0.25) is 4.90 Å². The molecule has 0 aliphatic carbocycles. The van der Waals surface area contributed by atoms with Crippen LogP contribution in [0.25, 0.3) is 0 Å². The monoisotopic (exact) mass is 377 g/mol. The van der Waals surface area contributed by atoms with Gasteiger partial charge in [-0.05, 0) is 36.5 Å². The maximum Gasteiger partial charge on any atom is 0.320 e. The van der Waals surface area contributed by atoms with E-state index in [0.717, 1.165) is 26.2 Å². The van der Waals surface area contributed by atoms with E-state index in [-0.39, 0.29) is 12.1 Å². The number of fused-ring (bicyclic) bond motifs is 1. The van der Waals surface area contributed by atoms with Crippen molar-refractivity contribution in [1.29, 1.82) is 0 Å². The number of likely N-dealkylation sites (tertiary alicyclic amines) is 2. The summed E-state index contributed by atoms with van der Waals surface area (Å²) >= 11 is 0. The molecule has 0 bridgehead atoms. The van der Waals surface area contributed by atoms with Crippen LogP contribution >= 0.6 is 0 Å². The minimum Gasteiger partial charge on any atom is -0.331 e.